The molecular weight excluding hydrogens is 513 g/mol. The fraction of sp³-hybridized carbons (Fsp3) is 0.739. The van der Waals surface area contributed by atoms with Crippen molar-refractivity contribution < 1.29 is 57.0 Å². The van der Waals surface area contributed by atoms with Crippen LogP contribution in [0.5, 0.6) is 0 Å². The lowest BCUT2D eigenvalue weighted by Gasteiger charge is -2.20. The minimum atomic E-state index is -4.46. The Kier molecular flexibility index (Phi) is 17.7. The topological polar surface area (TPSA) is 184 Å². The molecule has 216 valence electrons. The van der Waals surface area contributed by atoms with E-state index in [2.05, 4.69) is 16.4 Å². The van der Waals surface area contributed by atoms with Gasteiger partial charge in [-0.05, 0) is 47.5 Å². The molecule has 0 saturated heterocycles. The molecule has 0 aromatic rings. The highest BCUT2D eigenvalue weighted by Gasteiger charge is 2.27. The van der Waals surface area contributed by atoms with Gasteiger partial charge in [-0.15, -0.1) is 0 Å². The molecule has 0 aliphatic rings. The first-order valence-corrected chi connectivity index (χ1v) is 13.2. The summed E-state index contributed by atoms with van der Waals surface area (Å²) in [6, 6.07) is 0. The SMILES string of the molecule is C=C(C)C(=O)OCCNC(=O)OCCOC(=O)C(C)(C)CC.CCC(C)(C)C(=O)OCCOP(=O)(O)O. The molecule has 0 bridgehead atoms. The highest BCUT2D eigenvalue weighted by molar-refractivity contribution is 7.46. The minimum Gasteiger partial charge on any atom is -0.463 e. The molecule has 0 aliphatic carbocycles. The van der Waals surface area contributed by atoms with Crippen molar-refractivity contribution in [3.05, 3.63) is 12.2 Å². The fourth-order valence-electron chi connectivity index (χ4n) is 1.71. The van der Waals surface area contributed by atoms with Crippen LogP contribution in [0.15, 0.2) is 12.2 Å². The molecule has 37 heavy (non-hydrogen) atoms. The second kappa shape index (κ2) is 17.9. The summed E-state index contributed by atoms with van der Waals surface area (Å²) in [7, 11) is -4.46. The number of hydrogen-bond donors (Lipinski definition) is 3. The number of phosphoric acid groups is 1. The van der Waals surface area contributed by atoms with Gasteiger partial charge in [-0.25, -0.2) is 14.2 Å². The molecule has 0 unspecified atom stereocenters. The Hall–Kier alpha value is -2.47. The third-order valence-electron chi connectivity index (χ3n) is 4.95. The summed E-state index contributed by atoms with van der Waals surface area (Å²) in [5, 5.41) is 2.40. The molecule has 0 aromatic heterocycles. The van der Waals surface area contributed by atoms with E-state index < -0.39 is 36.7 Å². The van der Waals surface area contributed by atoms with E-state index in [4.69, 9.17) is 28.7 Å². The lowest BCUT2D eigenvalue weighted by molar-refractivity contribution is -0.155. The maximum atomic E-state index is 11.6. The predicted octanol–water partition coefficient (Wildman–Crippen LogP) is 2.89. The van der Waals surface area contributed by atoms with Gasteiger partial charge in [0, 0.05) is 5.57 Å². The van der Waals surface area contributed by atoms with Crippen molar-refractivity contribution in [2.45, 2.75) is 61.3 Å². The third kappa shape index (κ3) is 19.3. The average molecular weight is 556 g/mol. The normalized spacial score (nSPS) is 11.4. The number of carbonyl (C=O) groups excluding carboxylic acids is 4. The number of nitrogens with one attached hydrogen (secondary N) is 1. The molecule has 0 rings (SSSR count). The number of amides is 1. The molecular formula is C23H42NO12P. The van der Waals surface area contributed by atoms with Crippen molar-refractivity contribution in [1.29, 1.82) is 0 Å². The van der Waals surface area contributed by atoms with Crippen LogP contribution in [0.4, 0.5) is 4.79 Å². The number of phosphoric ester groups is 1. The van der Waals surface area contributed by atoms with Gasteiger partial charge in [0.25, 0.3) is 0 Å². The van der Waals surface area contributed by atoms with E-state index in [0.717, 1.165) is 0 Å². The molecule has 0 atom stereocenters. The summed E-state index contributed by atoms with van der Waals surface area (Å²) >= 11 is 0. The number of hydrogen-bond acceptors (Lipinski definition) is 10. The van der Waals surface area contributed by atoms with E-state index in [9.17, 15) is 23.7 Å². The zero-order valence-electron chi connectivity index (χ0n) is 22.8. The Morgan fingerprint density at radius 1 is 0.784 bits per heavy atom. The fourth-order valence-corrected chi connectivity index (χ4v) is 2.02. The highest BCUT2D eigenvalue weighted by Crippen LogP contribution is 2.35. The van der Waals surface area contributed by atoms with Gasteiger partial charge in [-0.1, -0.05) is 20.4 Å². The van der Waals surface area contributed by atoms with Crippen molar-refractivity contribution in [3.63, 3.8) is 0 Å². The highest BCUT2D eigenvalue weighted by atomic mass is 31.2. The summed E-state index contributed by atoms with van der Waals surface area (Å²) in [6.45, 7) is 15.4. The minimum absolute atomic E-state index is 0.000325. The quantitative estimate of drug-likeness (QED) is 0.0884. The van der Waals surface area contributed by atoms with E-state index in [0.29, 0.717) is 18.4 Å². The second-order valence-electron chi connectivity index (χ2n) is 9.05. The Balaban J connectivity index is 0. The van der Waals surface area contributed by atoms with Crippen LogP contribution < -0.4 is 5.32 Å². The van der Waals surface area contributed by atoms with Crippen molar-refractivity contribution in [2.24, 2.45) is 10.8 Å². The van der Waals surface area contributed by atoms with Gasteiger partial charge >= 0.3 is 31.8 Å². The Bertz CT molecular complexity index is 804. The van der Waals surface area contributed by atoms with Crippen LogP contribution in [-0.2, 0) is 42.4 Å². The molecule has 0 saturated carbocycles. The van der Waals surface area contributed by atoms with Crippen LogP contribution in [0.3, 0.4) is 0 Å². The van der Waals surface area contributed by atoms with Gasteiger partial charge in [0.1, 0.15) is 26.4 Å². The maximum Gasteiger partial charge on any atom is 0.469 e. The van der Waals surface area contributed by atoms with E-state index in [1.807, 2.05) is 13.8 Å². The third-order valence-corrected chi connectivity index (χ3v) is 5.47. The lowest BCUT2D eigenvalue weighted by atomic mass is 9.91. The Morgan fingerprint density at radius 2 is 1.22 bits per heavy atom. The number of ether oxygens (including phenoxy) is 4. The van der Waals surface area contributed by atoms with E-state index in [-0.39, 0.29) is 45.5 Å². The number of carbonyl (C=O) groups is 4. The first-order chi connectivity index (χ1) is 16.9. The Labute approximate surface area is 218 Å². The standard InChI is InChI=1S/C15H25NO6.C8H17O6P/c1-6-15(4,5)13(18)21-9-10-22-14(19)16-7-8-20-12(17)11(2)3;1-4-8(2,3)7(9)13-5-6-14-15(10,11)12/h2,6-10H2,1,3-5H3,(H,16,19);4-6H2,1-3H3,(H2,10,11,12). The van der Waals surface area contributed by atoms with Gasteiger partial charge < -0.3 is 34.1 Å². The summed E-state index contributed by atoms with van der Waals surface area (Å²) in [5.74, 6) is -1.24. The summed E-state index contributed by atoms with van der Waals surface area (Å²) in [4.78, 5) is 62.0. The van der Waals surface area contributed by atoms with E-state index >= 15 is 0 Å². The second-order valence-corrected chi connectivity index (χ2v) is 10.3. The number of rotatable bonds is 15. The molecule has 14 heteroatoms. The molecule has 0 radical (unpaired) electrons. The van der Waals surface area contributed by atoms with Crippen molar-refractivity contribution in [3.8, 4) is 0 Å². The maximum absolute atomic E-state index is 11.6. The zero-order valence-corrected chi connectivity index (χ0v) is 23.7. The molecule has 0 aromatic carbocycles. The van der Waals surface area contributed by atoms with Crippen LogP contribution in [0.2, 0.25) is 0 Å². The molecule has 0 aliphatic heterocycles. The summed E-state index contributed by atoms with van der Waals surface area (Å²) in [5.41, 5.74) is -0.836. The van der Waals surface area contributed by atoms with Gasteiger partial charge in [-0.3, -0.25) is 14.1 Å². The van der Waals surface area contributed by atoms with Crippen molar-refractivity contribution >= 4 is 31.8 Å². The van der Waals surface area contributed by atoms with Gasteiger partial charge in [-0.2, -0.15) is 0 Å². The molecule has 1 amide bonds. The zero-order chi connectivity index (χ0) is 29.3. The smallest absolute Gasteiger partial charge is 0.463 e. The average Bonchev–Trinajstić information content (AvgIpc) is 2.81. The molecule has 0 heterocycles. The first-order valence-electron chi connectivity index (χ1n) is 11.7. The van der Waals surface area contributed by atoms with Crippen molar-refractivity contribution in [1.82, 2.24) is 5.32 Å². The molecule has 13 nitrogen and oxygen atoms in total. The van der Waals surface area contributed by atoms with Crippen LogP contribution in [0.1, 0.15) is 61.3 Å². The van der Waals surface area contributed by atoms with E-state index in [1.54, 1.807) is 27.7 Å². The number of alkyl carbamates (subject to hydrolysis) is 1. The van der Waals surface area contributed by atoms with E-state index in [1.165, 1.54) is 6.92 Å². The van der Waals surface area contributed by atoms with Crippen molar-refractivity contribution in [2.75, 3.05) is 39.6 Å². The van der Waals surface area contributed by atoms with Gasteiger partial charge in [0.15, 0.2) is 0 Å². The molecule has 0 spiro atoms. The summed E-state index contributed by atoms with van der Waals surface area (Å²) in [6.07, 6.45) is 0.624. The van der Waals surface area contributed by atoms with Crippen LogP contribution in [0.25, 0.3) is 0 Å². The van der Waals surface area contributed by atoms with Gasteiger partial charge in [0.2, 0.25) is 0 Å². The Morgan fingerprint density at radius 3 is 1.62 bits per heavy atom. The van der Waals surface area contributed by atoms with Gasteiger partial charge in [0.05, 0.1) is 24.0 Å². The lowest BCUT2D eigenvalue weighted by Crippen LogP contribution is -2.31. The van der Waals surface area contributed by atoms with Crippen LogP contribution in [0, 0.1) is 10.8 Å². The largest absolute Gasteiger partial charge is 0.469 e. The molecule has 0 fully saturated rings. The predicted molar refractivity (Wildman–Crippen MR) is 133 cm³/mol. The number of esters is 3. The molecule has 3 N–H and O–H groups in total. The summed E-state index contributed by atoms with van der Waals surface area (Å²) < 4.78 is 33.8. The van der Waals surface area contributed by atoms with Crippen LogP contribution in [-0.4, -0.2) is 73.4 Å². The first kappa shape index (κ1) is 36.7. The van der Waals surface area contributed by atoms with Crippen LogP contribution >= 0.6 is 7.82 Å². The monoisotopic (exact) mass is 555 g/mol.